The molecule has 2 heteroatoms. The summed E-state index contributed by atoms with van der Waals surface area (Å²) in [6.45, 7) is 4.53. The molecule has 2 aromatic carbocycles. The minimum Gasteiger partial charge on any atom is -0.469 e. The number of carbonyl (C=O) groups excluding carboxylic acids is 1. The van der Waals surface area contributed by atoms with Crippen molar-refractivity contribution in [3.8, 4) is 11.1 Å². The van der Waals surface area contributed by atoms with Crippen molar-refractivity contribution in [3.63, 3.8) is 0 Å². The molecular formula is C19H20O2. The average Bonchev–Trinajstić information content (AvgIpc) is 2.73. The van der Waals surface area contributed by atoms with E-state index in [1.807, 2.05) is 0 Å². The van der Waals surface area contributed by atoms with Crippen LogP contribution in [0.3, 0.4) is 0 Å². The SMILES string of the molecule is COC(=O)CCc1ccc2c(c1)C(C)(C)c1ccccc1-2. The Morgan fingerprint density at radius 1 is 1.05 bits per heavy atom. The second kappa shape index (κ2) is 5.03. The average molecular weight is 280 g/mol. The van der Waals surface area contributed by atoms with Gasteiger partial charge in [0.05, 0.1) is 7.11 Å². The van der Waals surface area contributed by atoms with Gasteiger partial charge in [0.2, 0.25) is 0 Å². The molecule has 0 N–H and O–H groups in total. The van der Waals surface area contributed by atoms with E-state index in [2.05, 4.69) is 56.3 Å². The largest absolute Gasteiger partial charge is 0.469 e. The van der Waals surface area contributed by atoms with E-state index in [4.69, 9.17) is 4.74 Å². The maximum absolute atomic E-state index is 11.3. The highest BCUT2D eigenvalue weighted by Gasteiger charge is 2.34. The number of fused-ring (bicyclic) bond motifs is 3. The highest BCUT2D eigenvalue weighted by molar-refractivity contribution is 5.81. The van der Waals surface area contributed by atoms with E-state index in [9.17, 15) is 4.79 Å². The fourth-order valence-corrected chi connectivity index (χ4v) is 3.26. The Bertz CT molecular complexity index is 698. The van der Waals surface area contributed by atoms with Gasteiger partial charge in [-0.3, -0.25) is 4.79 Å². The maximum atomic E-state index is 11.3. The van der Waals surface area contributed by atoms with E-state index in [1.54, 1.807) is 0 Å². The van der Waals surface area contributed by atoms with E-state index in [1.165, 1.54) is 34.9 Å². The van der Waals surface area contributed by atoms with Gasteiger partial charge in [0.15, 0.2) is 0 Å². The number of methoxy groups -OCH3 is 1. The van der Waals surface area contributed by atoms with Crippen molar-refractivity contribution in [3.05, 3.63) is 59.2 Å². The lowest BCUT2D eigenvalue weighted by molar-refractivity contribution is -0.140. The first-order valence-electron chi connectivity index (χ1n) is 7.34. The molecule has 0 heterocycles. The van der Waals surface area contributed by atoms with E-state index >= 15 is 0 Å². The molecule has 0 unspecified atom stereocenters. The Balaban J connectivity index is 1.98. The molecule has 2 aromatic rings. The fraction of sp³-hybridized carbons (Fsp3) is 0.316. The van der Waals surface area contributed by atoms with Crippen molar-refractivity contribution in [1.29, 1.82) is 0 Å². The molecule has 0 bridgehead atoms. The van der Waals surface area contributed by atoms with Crippen LogP contribution in [0.4, 0.5) is 0 Å². The Labute approximate surface area is 125 Å². The third-order valence-electron chi connectivity index (χ3n) is 4.49. The van der Waals surface area contributed by atoms with Gasteiger partial charge >= 0.3 is 5.97 Å². The Kier molecular flexibility index (Phi) is 3.32. The van der Waals surface area contributed by atoms with Crippen LogP contribution in [0.2, 0.25) is 0 Å². The maximum Gasteiger partial charge on any atom is 0.305 e. The normalized spacial score (nSPS) is 14.4. The number of rotatable bonds is 3. The molecule has 0 amide bonds. The van der Waals surface area contributed by atoms with Crippen LogP contribution in [-0.2, 0) is 21.4 Å². The topological polar surface area (TPSA) is 26.3 Å². The van der Waals surface area contributed by atoms with Crippen LogP contribution < -0.4 is 0 Å². The van der Waals surface area contributed by atoms with Crippen LogP contribution in [0, 0.1) is 0 Å². The minimum absolute atomic E-state index is 0.0210. The molecule has 2 nitrogen and oxygen atoms in total. The van der Waals surface area contributed by atoms with Gasteiger partial charge in [0.1, 0.15) is 0 Å². The number of carbonyl (C=O) groups is 1. The molecule has 108 valence electrons. The predicted octanol–water partition coefficient (Wildman–Crippen LogP) is 4.10. The first-order valence-corrected chi connectivity index (χ1v) is 7.34. The molecule has 3 rings (SSSR count). The van der Waals surface area contributed by atoms with E-state index in [0.717, 1.165) is 6.42 Å². The molecule has 1 aliphatic rings. The van der Waals surface area contributed by atoms with Gasteiger partial charge in [-0.25, -0.2) is 0 Å². The van der Waals surface area contributed by atoms with Gasteiger partial charge in [-0.05, 0) is 34.2 Å². The molecule has 0 atom stereocenters. The van der Waals surface area contributed by atoms with Crippen molar-refractivity contribution in [2.75, 3.05) is 7.11 Å². The summed E-state index contributed by atoms with van der Waals surface area (Å²) < 4.78 is 4.72. The highest BCUT2D eigenvalue weighted by Crippen LogP contribution is 2.48. The molecule has 21 heavy (non-hydrogen) atoms. The number of esters is 1. The lowest BCUT2D eigenvalue weighted by Gasteiger charge is -2.21. The second-order valence-electron chi connectivity index (χ2n) is 6.13. The third kappa shape index (κ3) is 2.25. The zero-order valence-electron chi connectivity index (χ0n) is 12.8. The Morgan fingerprint density at radius 3 is 2.52 bits per heavy atom. The summed E-state index contributed by atoms with van der Waals surface area (Å²) in [5.41, 5.74) is 6.60. The second-order valence-corrected chi connectivity index (χ2v) is 6.13. The van der Waals surface area contributed by atoms with E-state index < -0.39 is 0 Å². The summed E-state index contributed by atoms with van der Waals surface area (Å²) in [5, 5.41) is 0. The van der Waals surface area contributed by atoms with Crippen LogP contribution in [0.15, 0.2) is 42.5 Å². The lowest BCUT2D eigenvalue weighted by atomic mass is 9.82. The van der Waals surface area contributed by atoms with Gasteiger partial charge < -0.3 is 4.74 Å². The number of hydrogen-bond acceptors (Lipinski definition) is 2. The zero-order valence-corrected chi connectivity index (χ0v) is 12.8. The molecule has 0 saturated carbocycles. The Morgan fingerprint density at radius 2 is 1.76 bits per heavy atom. The number of aryl methyl sites for hydroxylation is 1. The molecule has 1 aliphatic carbocycles. The van der Waals surface area contributed by atoms with Crippen molar-refractivity contribution < 1.29 is 9.53 Å². The van der Waals surface area contributed by atoms with Crippen LogP contribution >= 0.6 is 0 Å². The lowest BCUT2D eigenvalue weighted by Crippen LogP contribution is -2.15. The molecule has 0 fully saturated rings. The minimum atomic E-state index is -0.155. The zero-order chi connectivity index (χ0) is 15.0. The van der Waals surface area contributed by atoms with Crippen LogP contribution in [0.25, 0.3) is 11.1 Å². The summed E-state index contributed by atoms with van der Waals surface area (Å²) in [6.07, 6.45) is 1.16. The number of ether oxygens (including phenoxy) is 1. The summed E-state index contributed by atoms with van der Waals surface area (Å²) in [7, 11) is 1.44. The molecule has 0 saturated heterocycles. The van der Waals surface area contributed by atoms with Crippen molar-refractivity contribution in [2.45, 2.75) is 32.1 Å². The molecule has 0 aliphatic heterocycles. The van der Waals surface area contributed by atoms with Gasteiger partial charge in [-0.2, -0.15) is 0 Å². The first kappa shape index (κ1) is 13.9. The smallest absolute Gasteiger partial charge is 0.305 e. The van der Waals surface area contributed by atoms with Crippen LogP contribution in [0.1, 0.15) is 37.0 Å². The van der Waals surface area contributed by atoms with Gasteiger partial charge in [-0.1, -0.05) is 56.3 Å². The van der Waals surface area contributed by atoms with E-state index in [-0.39, 0.29) is 11.4 Å². The van der Waals surface area contributed by atoms with E-state index in [0.29, 0.717) is 6.42 Å². The molecule has 0 radical (unpaired) electrons. The van der Waals surface area contributed by atoms with Crippen molar-refractivity contribution >= 4 is 5.97 Å². The standard InChI is InChI=1S/C19H20O2/c1-19(2)16-7-5-4-6-14(16)15-10-8-13(12-17(15)19)9-11-18(20)21-3/h4-8,10,12H,9,11H2,1-3H3. The molecular weight excluding hydrogens is 260 g/mol. The molecule has 0 aromatic heterocycles. The van der Waals surface area contributed by atoms with Crippen LogP contribution in [0.5, 0.6) is 0 Å². The van der Waals surface area contributed by atoms with Gasteiger partial charge in [-0.15, -0.1) is 0 Å². The summed E-state index contributed by atoms with van der Waals surface area (Å²) in [5.74, 6) is -0.155. The molecule has 0 spiro atoms. The number of hydrogen-bond donors (Lipinski definition) is 0. The summed E-state index contributed by atoms with van der Waals surface area (Å²) in [4.78, 5) is 11.3. The predicted molar refractivity (Wildman–Crippen MR) is 84.3 cm³/mol. The van der Waals surface area contributed by atoms with Crippen molar-refractivity contribution in [2.24, 2.45) is 0 Å². The van der Waals surface area contributed by atoms with Gasteiger partial charge in [0.25, 0.3) is 0 Å². The highest BCUT2D eigenvalue weighted by atomic mass is 16.5. The van der Waals surface area contributed by atoms with Crippen molar-refractivity contribution in [1.82, 2.24) is 0 Å². The first-order chi connectivity index (χ1) is 10.0. The van der Waals surface area contributed by atoms with Gasteiger partial charge in [0, 0.05) is 11.8 Å². The summed E-state index contributed by atoms with van der Waals surface area (Å²) >= 11 is 0. The quantitative estimate of drug-likeness (QED) is 0.791. The fourth-order valence-electron chi connectivity index (χ4n) is 3.26. The van der Waals surface area contributed by atoms with Crippen LogP contribution in [-0.4, -0.2) is 13.1 Å². The Hall–Kier alpha value is -2.09. The third-order valence-corrected chi connectivity index (χ3v) is 4.49. The monoisotopic (exact) mass is 280 g/mol. The summed E-state index contributed by atoms with van der Waals surface area (Å²) in [6, 6.07) is 15.2. The number of benzene rings is 2.